The van der Waals surface area contributed by atoms with Gasteiger partial charge in [-0.05, 0) is 0 Å². The molecule has 0 radical (unpaired) electrons. The minimum atomic E-state index is -1.11. The molecule has 1 rings (SSSR count). The fourth-order valence-corrected chi connectivity index (χ4v) is 1.43. The first-order valence-corrected chi connectivity index (χ1v) is 4.83. The summed E-state index contributed by atoms with van der Waals surface area (Å²) in [5, 5.41) is 9.80. The van der Waals surface area contributed by atoms with Gasteiger partial charge in [0, 0.05) is 12.1 Å². The summed E-state index contributed by atoms with van der Waals surface area (Å²) in [5.41, 5.74) is 5.83. The molecule has 0 saturated heterocycles. The highest BCUT2D eigenvalue weighted by Gasteiger charge is 2.25. The molecule has 0 aromatic heterocycles. The normalized spacial score (nSPS) is 11.1. The molecule has 1 atom stereocenters. The number of hydrogen-bond acceptors (Lipinski definition) is 6. The maximum Gasteiger partial charge on any atom is 0.327 e. The predicted molar refractivity (Wildman–Crippen MR) is 67.4 cm³/mol. The molecule has 1 aromatic carbocycles. The molecule has 0 aliphatic rings. The molecule has 0 aliphatic carbocycles. The Hall–Kier alpha value is -1.66. The molecule has 0 unspecified atom stereocenters. The van der Waals surface area contributed by atoms with Crippen LogP contribution in [0.5, 0.6) is 17.2 Å². The van der Waals surface area contributed by atoms with Gasteiger partial charge in [-0.1, -0.05) is 0 Å². The summed E-state index contributed by atoms with van der Waals surface area (Å²) < 4.78 is 14.5. The van der Waals surface area contributed by atoms with Crippen LogP contribution in [0.2, 0.25) is 0 Å². The Balaban J connectivity index is 0.00000289. The summed E-state index contributed by atoms with van der Waals surface area (Å²) in [6.45, 7) is 0. The van der Waals surface area contributed by atoms with Crippen LogP contribution < -0.4 is 15.2 Å². The number of carbonyl (C=O) groups excluding carboxylic acids is 1. The molecule has 0 fully saturated rings. The SMILES string of the molecule is COC(=O)[C@H](N)c1c(O)cc(OC)cc1OC.Cl. The number of ether oxygens (including phenoxy) is 3. The number of benzene rings is 1. The number of nitrogens with two attached hydrogens (primary N) is 1. The van der Waals surface area contributed by atoms with Gasteiger partial charge in [0.15, 0.2) is 0 Å². The molecule has 0 amide bonds. The molecule has 6 nitrogen and oxygen atoms in total. The van der Waals surface area contributed by atoms with E-state index in [0.29, 0.717) is 5.75 Å². The minimum absolute atomic E-state index is 0. The minimum Gasteiger partial charge on any atom is -0.507 e. The first kappa shape index (κ1) is 16.3. The number of hydrogen-bond donors (Lipinski definition) is 2. The lowest BCUT2D eigenvalue weighted by atomic mass is 10.0. The maximum absolute atomic E-state index is 11.3. The lowest BCUT2D eigenvalue weighted by Gasteiger charge is -2.16. The van der Waals surface area contributed by atoms with E-state index in [1.54, 1.807) is 0 Å². The Bertz CT molecular complexity index is 424. The molecule has 0 bridgehead atoms. The monoisotopic (exact) mass is 277 g/mol. The van der Waals surface area contributed by atoms with Crippen molar-refractivity contribution in [1.29, 1.82) is 0 Å². The van der Waals surface area contributed by atoms with Crippen LogP contribution >= 0.6 is 12.4 Å². The summed E-state index contributed by atoms with van der Waals surface area (Å²) in [6, 6.07) is 1.76. The summed E-state index contributed by atoms with van der Waals surface area (Å²) in [7, 11) is 4.07. The Morgan fingerprint density at radius 1 is 1.28 bits per heavy atom. The van der Waals surface area contributed by atoms with Crippen LogP contribution in [0, 0.1) is 0 Å². The summed E-state index contributed by atoms with van der Waals surface area (Å²) in [6.07, 6.45) is 0. The summed E-state index contributed by atoms with van der Waals surface area (Å²) >= 11 is 0. The maximum atomic E-state index is 11.3. The number of phenolic OH excluding ortho intramolecular Hbond substituents is 1. The fraction of sp³-hybridized carbons (Fsp3) is 0.364. The second-order valence-corrected chi connectivity index (χ2v) is 3.26. The predicted octanol–water partition coefficient (Wildman–Crippen LogP) is 1.00. The number of phenols is 1. The van der Waals surface area contributed by atoms with Crippen molar-refractivity contribution >= 4 is 18.4 Å². The van der Waals surface area contributed by atoms with Crippen molar-refractivity contribution in [1.82, 2.24) is 0 Å². The van der Waals surface area contributed by atoms with E-state index in [-0.39, 0.29) is 29.5 Å². The van der Waals surface area contributed by atoms with Crippen molar-refractivity contribution in [2.75, 3.05) is 21.3 Å². The average Bonchev–Trinajstić information content (AvgIpc) is 2.35. The average molecular weight is 278 g/mol. The van der Waals surface area contributed by atoms with E-state index in [0.717, 1.165) is 0 Å². The number of rotatable bonds is 4. The Labute approximate surface area is 111 Å². The smallest absolute Gasteiger partial charge is 0.327 e. The van der Waals surface area contributed by atoms with Crippen LogP contribution in [0.4, 0.5) is 0 Å². The Morgan fingerprint density at radius 2 is 1.89 bits per heavy atom. The summed E-state index contributed by atoms with van der Waals surface area (Å²) in [5.74, 6) is -0.178. The van der Waals surface area contributed by atoms with Gasteiger partial charge in [0.2, 0.25) is 0 Å². The van der Waals surface area contributed by atoms with Gasteiger partial charge in [-0.15, -0.1) is 12.4 Å². The van der Waals surface area contributed by atoms with Crippen LogP contribution in [-0.4, -0.2) is 32.4 Å². The molecule has 0 aliphatic heterocycles. The topological polar surface area (TPSA) is 91.0 Å². The highest BCUT2D eigenvalue weighted by atomic mass is 35.5. The van der Waals surface area contributed by atoms with Crippen LogP contribution in [-0.2, 0) is 9.53 Å². The molecule has 1 aromatic rings. The number of methoxy groups -OCH3 is 3. The van der Waals surface area contributed by atoms with Gasteiger partial charge in [0.25, 0.3) is 0 Å². The first-order valence-electron chi connectivity index (χ1n) is 4.83. The molecule has 3 N–H and O–H groups in total. The van der Waals surface area contributed by atoms with E-state index in [2.05, 4.69) is 4.74 Å². The van der Waals surface area contributed by atoms with Crippen LogP contribution in [0.15, 0.2) is 12.1 Å². The van der Waals surface area contributed by atoms with E-state index in [4.69, 9.17) is 15.2 Å². The van der Waals surface area contributed by atoms with Gasteiger partial charge < -0.3 is 25.1 Å². The molecule has 102 valence electrons. The Morgan fingerprint density at radius 3 is 2.33 bits per heavy atom. The quantitative estimate of drug-likeness (QED) is 0.798. The van der Waals surface area contributed by atoms with E-state index >= 15 is 0 Å². The zero-order chi connectivity index (χ0) is 13.0. The van der Waals surface area contributed by atoms with Crippen LogP contribution in [0.25, 0.3) is 0 Å². The molecule has 7 heteroatoms. The number of halogens is 1. The molecular weight excluding hydrogens is 262 g/mol. The van der Waals surface area contributed by atoms with E-state index < -0.39 is 12.0 Å². The molecular formula is C11H16ClNO5. The van der Waals surface area contributed by atoms with Gasteiger partial charge in [-0.2, -0.15) is 0 Å². The van der Waals surface area contributed by atoms with Gasteiger partial charge in [0.1, 0.15) is 23.3 Å². The molecule has 0 saturated carbocycles. The third-order valence-corrected chi connectivity index (χ3v) is 2.32. The lowest BCUT2D eigenvalue weighted by Crippen LogP contribution is -2.23. The first-order chi connectivity index (χ1) is 8.04. The van der Waals surface area contributed by atoms with Gasteiger partial charge in [0.05, 0.1) is 26.9 Å². The van der Waals surface area contributed by atoms with E-state index in [1.165, 1.54) is 33.5 Å². The van der Waals surface area contributed by atoms with Gasteiger partial charge in [-0.3, -0.25) is 0 Å². The number of aromatic hydroxyl groups is 1. The van der Waals surface area contributed by atoms with Crippen LogP contribution in [0.3, 0.4) is 0 Å². The van der Waals surface area contributed by atoms with E-state index in [9.17, 15) is 9.90 Å². The fourth-order valence-electron chi connectivity index (χ4n) is 1.43. The highest BCUT2D eigenvalue weighted by Crippen LogP contribution is 2.37. The third kappa shape index (κ3) is 3.18. The van der Waals surface area contributed by atoms with Crippen molar-refractivity contribution in [3.05, 3.63) is 17.7 Å². The van der Waals surface area contributed by atoms with Crippen LogP contribution in [0.1, 0.15) is 11.6 Å². The Kier molecular flexibility index (Phi) is 6.29. The lowest BCUT2D eigenvalue weighted by molar-refractivity contribution is -0.142. The zero-order valence-electron chi connectivity index (χ0n) is 10.3. The van der Waals surface area contributed by atoms with Gasteiger partial charge >= 0.3 is 5.97 Å². The highest BCUT2D eigenvalue weighted by molar-refractivity contribution is 5.85. The van der Waals surface area contributed by atoms with Crippen molar-refractivity contribution in [2.24, 2.45) is 5.73 Å². The largest absolute Gasteiger partial charge is 0.507 e. The number of esters is 1. The second-order valence-electron chi connectivity index (χ2n) is 3.26. The third-order valence-electron chi connectivity index (χ3n) is 2.32. The van der Waals surface area contributed by atoms with Crippen molar-refractivity contribution in [3.8, 4) is 17.2 Å². The summed E-state index contributed by atoms with van der Waals surface area (Å²) in [4.78, 5) is 11.3. The van der Waals surface area contributed by atoms with Crippen molar-refractivity contribution in [3.63, 3.8) is 0 Å². The van der Waals surface area contributed by atoms with Crippen molar-refractivity contribution < 1.29 is 24.1 Å². The molecule has 0 spiro atoms. The second kappa shape index (κ2) is 6.93. The van der Waals surface area contributed by atoms with Crippen molar-refractivity contribution in [2.45, 2.75) is 6.04 Å². The zero-order valence-corrected chi connectivity index (χ0v) is 11.1. The number of carbonyl (C=O) groups is 1. The van der Waals surface area contributed by atoms with Gasteiger partial charge in [-0.25, -0.2) is 4.79 Å². The molecule has 0 heterocycles. The standard InChI is InChI=1S/C11H15NO5.ClH/c1-15-6-4-7(13)9(8(5-6)16-2)10(12)11(14)17-3;/h4-5,10,13H,12H2,1-3H3;1H/t10-;/m1./s1. The molecule has 18 heavy (non-hydrogen) atoms. The van der Waals surface area contributed by atoms with E-state index in [1.807, 2.05) is 0 Å².